The molecule has 0 spiro atoms. The fraction of sp³-hybridized carbons (Fsp3) is 0. The molecular formula is C12H10AlN. The van der Waals surface area contributed by atoms with Crippen LogP contribution in [0.3, 0.4) is 0 Å². The van der Waals surface area contributed by atoms with Crippen molar-refractivity contribution in [3.8, 4) is 0 Å². The van der Waals surface area contributed by atoms with Gasteiger partial charge in [0.2, 0.25) is 0 Å². The van der Waals surface area contributed by atoms with Gasteiger partial charge in [-0.2, -0.15) is 0 Å². The first-order valence-corrected chi connectivity index (χ1v) is 5.69. The molecule has 3 aromatic rings. The summed E-state index contributed by atoms with van der Waals surface area (Å²) in [6.07, 6.45) is 0. The van der Waals surface area contributed by atoms with Crippen molar-refractivity contribution >= 4 is 38.3 Å². The molecule has 2 heteroatoms. The molecule has 14 heavy (non-hydrogen) atoms. The van der Waals surface area contributed by atoms with Crippen molar-refractivity contribution in [2.24, 2.45) is 0 Å². The number of nitrogens with zero attached hydrogens (tertiary/aromatic N) is 1. The summed E-state index contributed by atoms with van der Waals surface area (Å²) in [7, 11) is 0. The van der Waals surface area contributed by atoms with Gasteiger partial charge < -0.3 is 3.55 Å². The normalized spacial score (nSPS) is 11.1. The molecule has 0 bridgehead atoms. The quantitative estimate of drug-likeness (QED) is 0.484. The summed E-state index contributed by atoms with van der Waals surface area (Å²) in [6.45, 7) is 0. The lowest BCUT2D eigenvalue weighted by Crippen LogP contribution is -1.88. The molecular weight excluding hydrogens is 185 g/mol. The van der Waals surface area contributed by atoms with E-state index in [1.807, 2.05) is 0 Å². The Balaban J connectivity index is 2.69. The third-order valence-corrected chi connectivity index (χ3v) is 3.78. The highest BCUT2D eigenvalue weighted by atomic mass is 27.1. The molecule has 1 heterocycles. The number of para-hydroxylation sites is 2. The molecule has 1 aromatic heterocycles. The highest BCUT2D eigenvalue weighted by molar-refractivity contribution is 6.21. The fourth-order valence-electron chi connectivity index (χ4n) is 2.12. The first-order chi connectivity index (χ1) is 6.88. The third-order valence-electron chi connectivity index (χ3n) is 2.82. The zero-order valence-electron chi connectivity index (χ0n) is 8.07. The molecule has 0 fully saturated rings. The molecule has 0 saturated heterocycles. The van der Waals surface area contributed by atoms with Gasteiger partial charge in [-0.3, -0.25) is 0 Å². The fourth-order valence-corrected chi connectivity index (χ4v) is 2.90. The molecule has 0 amide bonds. The highest BCUT2D eigenvalue weighted by Crippen LogP contribution is 2.26. The summed E-state index contributed by atoms with van der Waals surface area (Å²) < 4.78 is 2.38. The zero-order valence-corrected chi connectivity index (χ0v) is 10.1. The number of fused-ring (bicyclic) bond motifs is 3. The van der Waals surface area contributed by atoms with Gasteiger partial charge in [-0.05, 0) is 12.1 Å². The van der Waals surface area contributed by atoms with Crippen LogP contribution in [-0.2, 0) is 0 Å². The second-order valence-electron chi connectivity index (χ2n) is 3.59. The van der Waals surface area contributed by atoms with E-state index >= 15 is 0 Å². The van der Waals surface area contributed by atoms with Crippen molar-refractivity contribution in [2.75, 3.05) is 0 Å². The minimum Gasteiger partial charge on any atom is -0.440 e. The topological polar surface area (TPSA) is 4.93 Å². The number of benzene rings is 2. The van der Waals surface area contributed by atoms with Crippen molar-refractivity contribution in [3.63, 3.8) is 0 Å². The first kappa shape index (κ1) is 8.11. The molecule has 0 atom stereocenters. The van der Waals surface area contributed by atoms with Gasteiger partial charge in [-0.1, -0.05) is 36.4 Å². The van der Waals surface area contributed by atoms with Crippen molar-refractivity contribution in [1.29, 1.82) is 0 Å². The number of hydrogen-bond acceptors (Lipinski definition) is 0. The smallest absolute Gasteiger partial charge is 0.370 e. The average Bonchev–Trinajstić information content (AvgIpc) is 2.55. The van der Waals surface area contributed by atoms with Crippen LogP contribution in [0, 0.1) is 0 Å². The van der Waals surface area contributed by atoms with E-state index < -0.39 is 0 Å². The van der Waals surface area contributed by atoms with E-state index in [-0.39, 0.29) is 0 Å². The molecule has 66 valence electrons. The summed E-state index contributed by atoms with van der Waals surface area (Å²) in [5.41, 5.74) is 2.72. The van der Waals surface area contributed by atoms with E-state index in [9.17, 15) is 0 Å². The van der Waals surface area contributed by atoms with Gasteiger partial charge in [0.15, 0.2) is 0 Å². The zero-order chi connectivity index (χ0) is 9.54. The van der Waals surface area contributed by atoms with Crippen LogP contribution in [0.2, 0.25) is 0 Å². The summed E-state index contributed by atoms with van der Waals surface area (Å²) in [4.78, 5) is 0. The van der Waals surface area contributed by atoms with Gasteiger partial charge in [0.05, 0.1) is 0 Å². The molecule has 1 nitrogen and oxygen atoms in total. The van der Waals surface area contributed by atoms with E-state index in [4.69, 9.17) is 0 Å². The Bertz CT molecular complexity index is 557. The molecule has 2 aromatic carbocycles. The predicted molar refractivity (Wildman–Crippen MR) is 63.4 cm³/mol. The lowest BCUT2D eigenvalue weighted by Gasteiger charge is -1.97. The Hall–Kier alpha value is -1.23. The van der Waals surface area contributed by atoms with E-state index in [0.29, 0.717) is 0 Å². The van der Waals surface area contributed by atoms with E-state index in [0.717, 1.165) is 16.5 Å². The van der Waals surface area contributed by atoms with Crippen LogP contribution in [-0.4, -0.2) is 20.1 Å². The van der Waals surface area contributed by atoms with Crippen molar-refractivity contribution in [1.82, 2.24) is 3.55 Å². The standard InChI is InChI=1S/C12H8N.Al.2H/c1-3-7-11-9(5-1)10-6-2-4-8-12(10)13-11;;;/h1-8H;;;/q-1;+1;;. The Kier molecular flexibility index (Phi) is 1.67. The molecule has 0 aliphatic carbocycles. The van der Waals surface area contributed by atoms with Gasteiger partial charge in [0, 0.05) is 21.8 Å². The van der Waals surface area contributed by atoms with E-state index in [1.165, 1.54) is 21.8 Å². The van der Waals surface area contributed by atoms with Gasteiger partial charge in [-0.25, -0.2) is 0 Å². The third kappa shape index (κ3) is 0.958. The van der Waals surface area contributed by atoms with Crippen LogP contribution < -0.4 is 0 Å². The van der Waals surface area contributed by atoms with Crippen molar-refractivity contribution < 1.29 is 0 Å². The van der Waals surface area contributed by atoms with Gasteiger partial charge in [0.25, 0.3) is 0 Å². The van der Waals surface area contributed by atoms with Crippen LogP contribution in [0.5, 0.6) is 0 Å². The van der Waals surface area contributed by atoms with Crippen LogP contribution in [0.1, 0.15) is 0 Å². The summed E-state index contributed by atoms with van der Waals surface area (Å²) in [5.74, 6) is 0. The first-order valence-electron chi connectivity index (χ1n) is 4.80. The average molecular weight is 195 g/mol. The van der Waals surface area contributed by atoms with E-state index in [2.05, 4.69) is 52.1 Å². The molecule has 0 aliphatic heterocycles. The van der Waals surface area contributed by atoms with Crippen molar-refractivity contribution in [2.45, 2.75) is 0 Å². The molecule has 0 aliphatic rings. The Labute approximate surface area is 90.6 Å². The van der Waals surface area contributed by atoms with Crippen molar-refractivity contribution in [3.05, 3.63) is 48.5 Å². The maximum Gasteiger partial charge on any atom is 0.370 e. The highest BCUT2D eigenvalue weighted by Gasteiger charge is 2.04. The Morgan fingerprint density at radius 1 is 0.714 bits per heavy atom. The van der Waals surface area contributed by atoms with Crippen LogP contribution in [0.25, 0.3) is 21.8 Å². The molecule has 3 rings (SSSR count). The lowest BCUT2D eigenvalue weighted by atomic mass is 10.2. The molecule has 0 N–H and O–H groups in total. The molecule has 0 radical (unpaired) electrons. The maximum atomic E-state index is 2.38. The summed E-state index contributed by atoms with van der Waals surface area (Å²) in [5, 5.41) is 2.75. The second-order valence-corrected chi connectivity index (χ2v) is 4.49. The van der Waals surface area contributed by atoms with Gasteiger partial charge in [0.1, 0.15) is 0 Å². The van der Waals surface area contributed by atoms with Gasteiger partial charge in [-0.15, -0.1) is 0 Å². The number of rotatable bonds is 0. The largest absolute Gasteiger partial charge is 0.440 e. The molecule has 0 saturated carbocycles. The van der Waals surface area contributed by atoms with Gasteiger partial charge >= 0.3 is 16.5 Å². The lowest BCUT2D eigenvalue weighted by molar-refractivity contribution is 1.39. The Morgan fingerprint density at radius 3 is 1.64 bits per heavy atom. The predicted octanol–water partition coefficient (Wildman–Crippen LogP) is 2.19. The maximum absolute atomic E-state index is 2.38. The monoisotopic (exact) mass is 195 g/mol. The van der Waals surface area contributed by atoms with Crippen LogP contribution in [0.4, 0.5) is 0 Å². The molecule has 0 unspecified atom stereocenters. The Morgan fingerprint density at radius 2 is 1.14 bits per heavy atom. The van der Waals surface area contributed by atoms with Crippen LogP contribution in [0.15, 0.2) is 48.5 Å². The second kappa shape index (κ2) is 2.88. The van der Waals surface area contributed by atoms with Crippen LogP contribution >= 0.6 is 0 Å². The minimum absolute atomic E-state index is 1.04. The van der Waals surface area contributed by atoms with E-state index in [1.54, 1.807) is 0 Å². The SMILES string of the molecule is [AlH2][n]1c2ccccc2c2ccccc21. The number of hydrogen-bond donors (Lipinski definition) is 0. The summed E-state index contributed by atoms with van der Waals surface area (Å²) in [6, 6.07) is 17.2. The minimum atomic E-state index is 1.04. The number of aromatic nitrogens is 1. The summed E-state index contributed by atoms with van der Waals surface area (Å²) >= 11 is 1.04.